The van der Waals surface area contributed by atoms with Crippen LogP contribution in [0.25, 0.3) is 0 Å². The summed E-state index contributed by atoms with van der Waals surface area (Å²) in [6.07, 6.45) is -4.45. The van der Waals surface area contributed by atoms with Crippen LogP contribution < -0.4 is 10.6 Å². The van der Waals surface area contributed by atoms with Crippen molar-refractivity contribution in [3.63, 3.8) is 0 Å². The quantitative estimate of drug-likeness (QED) is 0.772. The zero-order valence-electron chi connectivity index (χ0n) is 12.7. The predicted molar refractivity (Wildman–Crippen MR) is 84.6 cm³/mol. The van der Waals surface area contributed by atoms with E-state index in [0.29, 0.717) is 5.69 Å². The largest absolute Gasteiger partial charge is 0.416 e. The van der Waals surface area contributed by atoms with Crippen molar-refractivity contribution in [3.8, 4) is 0 Å². The molecule has 3 nitrogen and oxygen atoms in total. The molecular weight excluding hydrogens is 305 g/mol. The lowest BCUT2D eigenvalue weighted by molar-refractivity contribution is -0.137. The van der Waals surface area contributed by atoms with Gasteiger partial charge in [0.2, 0.25) is 0 Å². The Morgan fingerprint density at radius 2 is 1.70 bits per heavy atom. The van der Waals surface area contributed by atoms with E-state index in [1.165, 1.54) is 12.1 Å². The number of benzene rings is 2. The zero-order valence-corrected chi connectivity index (χ0v) is 12.7. The minimum atomic E-state index is -4.45. The van der Waals surface area contributed by atoms with Crippen LogP contribution in [0.4, 0.5) is 29.3 Å². The van der Waals surface area contributed by atoms with Crippen molar-refractivity contribution in [2.24, 2.45) is 0 Å². The van der Waals surface area contributed by atoms with Crippen LogP contribution in [-0.2, 0) is 6.18 Å². The fraction of sp³-hybridized carbons (Fsp3) is 0.235. The van der Waals surface area contributed by atoms with Gasteiger partial charge in [-0.05, 0) is 35.7 Å². The molecule has 0 atom stereocenters. The molecule has 0 radical (unpaired) electrons. The van der Waals surface area contributed by atoms with Crippen molar-refractivity contribution >= 4 is 17.4 Å². The monoisotopic (exact) mass is 322 g/mol. The summed E-state index contributed by atoms with van der Waals surface area (Å²) in [6.45, 7) is 3.98. The molecule has 2 aromatic carbocycles. The van der Waals surface area contributed by atoms with Crippen LogP contribution >= 0.6 is 0 Å². The zero-order chi connectivity index (χ0) is 17.0. The van der Waals surface area contributed by atoms with Gasteiger partial charge in [0.05, 0.1) is 5.56 Å². The highest BCUT2D eigenvalue weighted by atomic mass is 19.4. The molecule has 0 saturated carbocycles. The van der Waals surface area contributed by atoms with E-state index >= 15 is 0 Å². The Hall–Kier alpha value is -2.50. The Bertz CT molecular complexity index is 696. The van der Waals surface area contributed by atoms with Crippen LogP contribution in [-0.4, -0.2) is 6.03 Å². The molecule has 2 rings (SSSR count). The highest BCUT2D eigenvalue weighted by Gasteiger charge is 2.30. The standard InChI is InChI=1S/C17H17F3N2O/c1-11(2)14-8-3-4-9-15(14)22-16(23)21-13-7-5-6-12(10-13)17(18,19)20/h3-11H,1-2H3,(H2,21,22,23). The van der Waals surface area contributed by atoms with Gasteiger partial charge in [0.15, 0.2) is 0 Å². The molecule has 6 heteroatoms. The number of anilines is 2. The lowest BCUT2D eigenvalue weighted by Gasteiger charge is -2.14. The van der Waals surface area contributed by atoms with Gasteiger partial charge in [0, 0.05) is 11.4 Å². The lowest BCUT2D eigenvalue weighted by atomic mass is 10.0. The van der Waals surface area contributed by atoms with Crippen LogP contribution in [0.2, 0.25) is 0 Å². The maximum atomic E-state index is 12.7. The van der Waals surface area contributed by atoms with Crippen LogP contribution in [0.5, 0.6) is 0 Å². The molecule has 0 aliphatic heterocycles. The van der Waals surface area contributed by atoms with E-state index in [-0.39, 0.29) is 11.6 Å². The predicted octanol–water partition coefficient (Wildman–Crippen LogP) is 5.47. The van der Waals surface area contributed by atoms with Crippen LogP contribution in [0, 0.1) is 0 Å². The summed E-state index contributed by atoms with van der Waals surface area (Å²) in [6, 6.07) is 11.2. The smallest absolute Gasteiger partial charge is 0.308 e. The first-order chi connectivity index (χ1) is 10.8. The number of halogens is 3. The van der Waals surface area contributed by atoms with Gasteiger partial charge in [-0.15, -0.1) is 0 Å². The van der Waals surface area contributed by atoms with Gasteiger partial charge in [-0.1, -0.05) is 38.1 Å². The maximum Gasteiger partial charge on any atom is 0.416 e. The number of amides is 2. The minimum Gasteiger partial charge on any atom is -0.308 e. The molecule has 0 spiro atoms. The molecule has 2 N–H and O–H groups in total. The number of rotatable bonds is 3. The fourth-order valence-corrected chi connectivity index (χ4v) is 2.17. The third-order valence-electron chi connectivity index (χ3n) is 3.28. The number of urea groups is 1. The second-order valence-corrected chi connectivity index (χ2v) is 5.40. The van der Waals surface area contributed by atoms with Gasteiger partial charge in [-0.25, -0.2) is 4.79 Å². The Morgan fingerprint density at radius 1 is 1.00 bits per heavy atom. The maximum absolute atomic E-state index is 12.7. The van der Waals surface area contributed by atoms with Gasteiger partial charge in [-0.3, -0.25) is 0 Å². The molecule has 0 heterocycles. The van der Waals surface area contributed by atoms with Gasteiger partial charge < -0.3 is 10.6 Å². The molecule has 122 valence electrons. The third-order valence-corrected chi connectivity index (χ3v) is 3.28. The molecule has 2 aromatic rings. The molecule has 0 saturated heterocycles. The Kier molecular flexibility index (Phi) is 4.93. The Morgan fingerprint density at radius 3 is 2.35 bits per heavy atom. The summed E-state index contributed by atoms with van der Waals surface area (Å²) < 4.78 is 38.0. The van der Waals surface area contributed by atoms with Crippen LogP contribution in [0.3, 0.4) is 0 Å². The van der Waals surface area contributed by atoms with E-state index in [4.69, 9.17) is 0 Å². The number of hydrogen-bond acceptors (Lipinski definition) is 1. The third kappa shape index (κ3) is 4.48. The lowest BCUT2D eigenvalue weighted by Crippen LogP contribution is -2.20. The van der Waals surface area contributed by atoms with Crippen molar-refractivity contribution in [2.45, 2.75) is 25.9 Å². The first-order valence-corrected chi connectivity index (χ1v) is 7.11. The van der Waals surface area contributed by atoms with E-state index in [1.54, 1.807) is 12.1 Å². The Balaban J connectivity index is 2.12. The average molecular weight is 322 g/mol. The number of hydrogen-bond donors (Lipinski definition) is 2. The highest BCUT2D eigenvalue weighted by molar-refractivity contribution is 6.00. The second kappa shape index (κ2) is 6.73. The van der Waals surface area contributed by atoms with Gasteiger partial charge in [0.1, 0.15) is 0 Å². The van der Waals surface area contributed by atoms with Gasteiger partial charge in [-0.2, -0.15) is 13.2 Å². The molecule has 0 aromatic heterocycles. The Labute approximate surface area is 132 Å². The van der Waals surface area contributed by atoms with E-state index in [9.17, 15) is 18.0 Å². The fourth-order valence-electron chi connectivity index (χ4n) is 2.17. The molecule has 0 aliphatic rings. The van der Waals surface area contributed by atoms with E-state index in [0.717, 1.165) is 17.7 Å². The van der Waals surface area contributed by atoms with Crippen LogP contribution in [0.1, 0.15) is 30.9 Å². The van der Waals surface area contributed by atoms with Crippen molar-refractivity contribution < 1.29 is 18.0 Å². The summed E-state index contributed by atoms with van der Waals surface area (Å²) in [5.41, 5.74) is 0.857. The first kappa shape index (κ1) is 16.9. The van der Waals surface area contributed by atoms with Gasteiger partial charge >= 0.3 is 12.2 Å². The second-order valence-electron chi connectivity index (χ2n) is 5.40. The summed E-state index contributed by atoms with van der Waals surface area (Å²) >= 11 is 0. The molecule has 0 fully saturated rings. The number of carbonyl (C=O) groups excluding carboxylic acids is 1. The van der Waals surface area contributed by atoms with Crippen molar-refractivity contribution in [1.82, 2.24) is 0 Å². The van der Waals surface area contributed by atoms with E-state index in [2.05, 4.69) is 10.6 Å². The molecule has 0 bridgehead atoms. The average Bonchev–Trinajstić information content (AvgIpc) is 2.46. The van der Waals surface area contributed by atoms with E-state index in [1.807, 2.05) is 26.0 Å². The topological polar surface area (TPSA) is 41.1 Å². The normalized spacial score (nSPS) is 11.4. The number of para-hydroxylation sites is 1. The van der Waals surface area contributed by atoms with Gasteiger partial charge in [0.25, 0.3) is 0 Å². The molecule has 0 unspecified atom stereocenters. The molecular formula is C17H17F3N2O. The van der Waals surface area contributed by atoms with Crippen molar-refractivity contribution in [3.05, 3.63) is 59.7 Å². The number of carbonyl (C=O) groups is 1. The summed E-state index contributed by atoms with van der Waals surface area (Å²) in [4.78, 5) is 12.0. The summed E-state index contributed by atoms with van der Waals surface area (Å²) in [5.74, 6) is 0.208. The highest BCUT2D eigenvalue weighted by Crippen LogP contribution is 2.30. The van der Waals surface area contributed by atoms with Crippen molar-refractivity contribution in [2.75, 3.05) is 10.6 Å². The SMILES string of the molecule is CC(C)c1ccccc1NC(=O)Nc1cccc(C(F)(F)F)c1. The first-order valence-electron chi connectivity index (χ1n) is 7.11. The number of nitrogens with one attached hydrogen (secondary N) is 2. The molecule has 23 heavy (non-hydrogen) atoms. The molecule has 2 amide bonds. The van der Waals surface area contributed by atoms with E-state index < -0.39 is 17.8 Å². The van der Waals surface area contributed by atoms with Crippen LogP contribution in [0.15, 0.2) is 48.5 Å². The summed E-state index contributed by atoms with van der Waals surface area (Å²) in [5, 5.41) is 5.09. The van der Waals surface area contributed by atoms with Crippen molar-refractivity contribution in [1.29, 1.82) is 0 Å². The molecule has 0 aliphatic carbocycles. The number of alkyl halides is 3. The summed E-state index contributed by atoms with van der Waals surface area (Å²) in [7, 11) is 0. The minimum absolute atomic E-state index is 0.0827.